The Bertz CT molecular complexity index is 517. The largest absolute Gasteiger partial charge is 0.338 e. The summed E-state index contributed by atoms with van der Waals surface area (Å²) in [5.41, 5.74) is 9.02. The van der Waals surface area contributed by atoms with E-state index < -0.39 is 0 Å². The van der Waals surface area contributed by atoms with Crippen LogP contribution in [0.1, 0.15) is 28.8 Å². The van der Waals surface area contributed by atoms with Gasteiger partial charge in [-0.25, -0.2) is 4.98 Å². The van der Waals surface area contributed by atoms with E-state index in [1.807, 2.05) is 37.7 Å². The van der Waals surface area contributed by atoms with Gasteiger partial charge < -0.3 is 10.3 Å². The minimum Gasteiger partial charge on any atom is -0.338 e. The topological polar surface area (TPSA) is 69.6 Å². The molecule has 1 atom stereocenters. The van der Waals surface area contributed by atoms with Gasteiger partial charge >= 0.3 is 0 Å². The van der Waals surface area contributed by atoms with Gasteiger partial charge in [0, 0.05) is 31.9 Å². The van der Waals surface area contributed by atoms with E-state index in [0.717, 1.165) is 22.8 Å². The van der Waals surface area contributed by atoms with E-state index in [0.29, 0.717) is 6.42 Å². The van der Waals surface area contributed by atoms with Gasteiger partial charge in [0.1, 0.15) is 5.82 Å². The van der Waals surface area contributed by atoms with Gasteiger partial charge in [-0.3, -0.25) is 0 Å². The van der Waals surface area contributed by atoms with Crippen molar-refractivity contribution in [3.8, 4) is 0 Å². The Labute approximate surface area is 101 Å². The molecule has 0 bridgehead atoms. The van der Waals surface area contributed by atoms with Crippen molar-refractivity contribution in [2.75, 3.05) is 0 Å². The monoisotopic (exact) mass is 231 g/mol. The van der Waals surface area contributed by atoms with Crippen molar-refractivity contribution in [3.05, 3.63) is 41.2 Å². The zero-order valence-electron chi connectivity index (χ0n) is 10.4. The van der Waals surface area contributed by atoms with Crippen molar-refractivity contribution >= 4 is 0 Å². The molecule has 0 aliphatic carbocycles. The van der Waals surface area contributed by atoms with Gasteiger partial charge in [-0.2, -0.15) is 10.2 Å². The minimum atomic E-state index is -0.0923. The van der Waals surface area contributed by atoms with E-state index in [-0.39, 0.29) is 6.04 Å². The molecule has 0 aliphatic heterocycles. The summed E-state index contributed by atoms with van der Waals surface area (Å²) in [6.07, 6.45) is 4.41. The van der Waals surface area contributed by atoms with Gasteiger partial charge in [0.2, 0.25) is 0 Å². The van der Waals surface area contributed by atoms with Crippen LogP contribution in [0.4, 0.5) is 0 Å². The number of rotatable bonds is 3. The predicted molar refractivity (Wildman–Crippen MR) is 65.3 cm³/mol. The van der Waals surface area contributed by atoms with Gasteiger partial charge in [-0.15, -0.1) is 0 Å². The van der Waals surface area contributed by atoms with E-state index in [9.17, 15) is 0 Å². The molecule has 0 aliphatic rings. The Morgan fingerprint density at radius 2 is 2.12 bits per heavy atom. The molecule has 0 saturated carbocycles. The molecule has 2 aromatic rings. The van der Waals surface area contributed by atoms with Crippen molar-refractivity contribution in [3.63, 3.8) is 0 Å². The maximum Gasteiger partial charge on any atom is 0.110 e. The van der Waals surface area contributed by atoms with Gasteiger partial charge in [-0.05, 0) is 25.5 Å². The summed E-state index contributed by atoms with van der Waals surface area (Å²) in [5, 5.41) is 8.10. The summed E-state index contributed by atoms with van der Waals surface area (Å²) in [6, 6.07) is 1.90. The van der Waals surface area contributed by atoms with Crippen LogP contribution in [0, 0.1) is 13.8 Å². The van der Waals surface area contributed by atoms with Crippen LogP contribution in [-0.4, -0.2) is 19.7 Å². The van der Waals surface area contributed by atoms with Crippen LogP contribution in [0.5, 0.6) is 0 Å². The fourth-order valence-electron chi connectivity index (χ4n) is 1.85. The number of nitrogens with two attached hydrogens (primary N) is 1. The van der Waals surface area contributed by atoms with E-state index in [1.165, 1.54) is 0 Å². The molecule has 90 valence electrons. The highest BCUT2D eigenvalue weighted by molar-refractivity contribution is 5.24. The number of nitrogens with zero attached hydrogens (tertiary/aromatic N) is 4. The van der Waals surface area contributed by atoms with E-state index in [1.54, 1.807) is 6.20 Å². The first-order valence-corrected chi connectivity index (χ1v) is 5.60. The first-order valence-electron chi connectivity index (χ1n) is 5.60. The van der Waals surface area contributed by atoms with Crippen LogP contribution in [0.15, 0.2) is 18.5 Å². The second-order valence-electron chi connectivity index (χ2n) is 4.29. The Hall–Kier alpha value is -1.75. The molecule has 2 heterocycles. The second-order valence-corrected chi connectivity index (χ2v) is 4.29. The Balaban J connectivity index is 2.23. The molecule has 2 N–H and O–H groups in total. The number of aromatic nitrogens is 4. The van der Waals surface area contributed by atoms with Gasteiger partial charge in [0.15, 0.2) is 0 Å². The summed E-state index contributed by atoms with van der Waals surface area (Å²) >= 11 is 0. The Kier molecular flexibility index (Phi) is 3.19. The molecular formula is C12H17N5. The maximum absolute atomic E-state index is 6.20. The lowest BCUT2D eigenvalue weighted by Gasteiger charge is -2.14. The molecule has 5 heteroatoms. The quantitative estimate of drug-likeness (QED) is 0.857. The van der Waals surface area contributed by atoms with Crippen molar-refractivity contribution in [2.45, 2.75) is 26.3 Å². The number of hydrogen-bond acceptors (Lipinski definition) is 4. The van der Waals surface area contributed by atoms with Gasteiger partial charge in [0.25, 0.3) is 0 Å². The zero-order valence-corrected chi connectivity index (χ0v) is 10.4. The summed E-state index contributed by atoms with van der Waals surface area (Å²) in [7, 11) is 1.97. The SMILES string of the molecule is Cc1cc(C(N)Cc2nccn2C)c(C)nn1. The number of aryl methyl sites for hydroxylation is 3. The lowest BCUT2D eigenvalue weighted by Crippen LogP contribution is -2.18. The molecule has 0 saturated heterocycles. The van der Waals surface area contributed by atoms with Crippen molar-refractivity contribution in [1.29, 1.82) is 0 Å². The fourth-order valence-corrected chi connectivity index (χ4v) is 1.85. The summed E-state index contributed by atoms with van der Waals surface area (Å²) in [5.74, 6) is 0.978. The lowest BCUT2D eigenvalue weighted by atomic mass is 10.0. The molecule has 2 rings (SSSR count). The standard InChI is InChI=1S/C12H17N5/c1-8-6-10(9(2)16-15-8)11(13)7-12-14-4-5-17(12)3/h4-6,11H,7,13H2,1-3H3. The van der Waals surface area contributed by atoms with Crippen LogP contribution in [-0.2, 0) is 13.5 Å². The summed E-state index contributed by atoms with van der Waals surface area (Å²) < 4.78 is 1.98. The van der Waals surface area contributed by atoms with Gasteiger partial charge in [0.05, 0.1) is 11.4 Å². The predicted octanol–water partition coefficient (Wildman–Crippen LogP) is 1.07. The molecule has 0 aromatic carbocycles. The van der Waals surface area contributed by atoms with Crippen molar-refractivity contribution in [2.24, 2.45) is 12.8 Å². The smallest absolute Gasteiger partial charge is 0.110 e. The average molecular weight is 231 g/mol. The molecule has 1 unspecified atom stereocenters. The van der Waals surface area contributed by atoms with Crippen LogP contribution < -0.4 is 5.73 Å². The molecule has 0 fully saturated rings. The third-order valence-corrected chi connectivity index (χ3v) is 2.86. The molecule has 5 nitrogen and oxygen atoms in total. The molecule has 0 spiro atoms. The van der Waals surface area contributed by atoms with Crippen LogP contribution in [0.3, 0.4) is 0 Å². The lowest BCUT2D eigenvalue weighted by molar-refractivity contribution is 0.648. The van der Waals surface area contributed by atoms with E-state index in [4.69, 9.17) is 5.73 Å². The van der Waals surface area contributed by atoms with Crippen molar-refractivity contribution in [1.82, 2.24) is 19.7 Å². The van der Waals surface area contributed by atoms with E-state index in [2.05, 4.69) is 15.2 Å². The number of hydrogen-bond donors (Lipinski definition) is 1. The number of imidazole rings is 1. The molecule has 2 aromatic heterocycles. The summed E-state index contributed by atoms with van der Waals surface area (Å²) in [4.78, 5) is 4.28. The van der Waals surface area contributed by atoms with E-state index >= 15 is 0 Å². The first kappa shape index (κ1) is 11.7. The highest BCUT2D eigenvalue weighted by atomic mass is 15.1. The van der Waals surface area contributed by atoms with Crippen LogP contribution in [0.25, 0.3) is 0 Å². The third-order valence-electron chi connectivity index (χ3n) is 2.86. The third kappa shape index (κ3) is 2.50. The molecule has 0 radical (unpaired) electrons. The minimum absolute atomic E-state index is 0.0923. The Morgan fingerprint density at radius 1 is 1.35 bits per heavy atom. The summed E-state index contributed by atoms with van der Waals surface area (Å²) in [6.45, 7) is 3.85. The zero-order chi connectivity index (χ0) is 12.4. The normalized spacial score (nSPS) is 12.7. The highest BCUT2D eigenvalue weighted by Crippen LogP contribution is 2.17. The molecular weight excluding hydrogens is 214 g/mol. The average Bonchev–Trinajstić information content (AvgIpc) is 2.68. The molecule has 17 heavy (non-hydrogen) atoms. The van der Waals surface area contributed by atoms with Gasteiger partial charge in [-0.1, -0.05) is 0 Å². The maximum atomic E-state index is 6.20. The fraction of sp³-hybridized carbons (Fsp3) is 0.417. The highest BCUT2D eigenvalue weighted by Gasteiger charge is 2.13. The van der Waals surface area contributed by atoms with Crippen molar-refractivity contribution < 1.29 is 0 Å². The second kappa shape index (κ2) is 4.63. The molecule has 0 amide bonds. The first-order chi connectivity index (χ1) is 8.08. The van der Waals surface area contributed by atoms with Crippen LogP contribution in [0.2, 0.25) is 0 Å². The Morgan fingerprint density at radius 3 is 2.76 bits per heavy atom. The van der Waals surface area contributed by atoms with Crippen LogP contribution >= 0.6 is 0 Å².